The van der Waals surface area contributed by atoms with E-state index in [1.54, 1.807) is 0 Å². The van der Waals surface area contributed by atoms with Crippen LogP contribution in [0.25, 0.3) is 0 Å². The van der Waals surface area contributed by atoms with Gasteiger partial charge in [0.1, 0.15) is 43.7 Å². The highest BCUT2D eigenvalue weighted by Crippen LogP contribution is 2.37. The summed E-state index contributed by atoms with van der Waals surface area (Å²) in [6.07, 6.45) is -16.8. The van der Waals surface area contributed by atoms with E-state index in [-0.39, 0.29) is 0 Å². The Bertz CT molecular complexity index is 1420. The summed E-state index contributed by atoms with van der Waals surface area (Å²) in [6.45, 7) is 6.96. The van der Waals surface area contributed by atoms with Gasteiger partial charge in [0.2, 0.25) is 5.91 Å². The van der Waals surface area contributed by atoms with Gasteiger partial charge in [-0.3, -0.25) is 38.4 Å². The van der Waals surface area contributed by atoms with Crippen molar-refractivity contribution in [1.29, 1.82) is 0 Å². The maximum atomic E-state index is 12.6. The molecule has 0 saturated carbocycles. The molecular formula is C32H45NO20S. The predicted molar refractivity (Wildman–Crippen MR) is 176 cm³/mol. The molecule has 54 heavy (non-hydrogen) atoms. The van der Waals surface area contributed by atoms with Gasteiger partial charge in [0, 0.05) is 60.6 Å². The first-order chi connectivity index (χ1) is 25.1. The van der Waals surface area contributed by atoms with E-state index in [4.69, 9.17) is 47.4 Å². The van der Waals surface area contributed by atoms with Crippen molar-refractivity contribution in [3.8, 4) is 0 Å². The Morgan fingerprint density at radius 3 is 1.41 bits per heavy atom. The van der Waals surface area contributed by atoms with Crippen molar-refractivity contribution < 1.29 is 95.6 Å². The molecule has 2 saturated heterocycles. The third-order valence-corrected chi connectivity index (χ3v) is 8.00. The number of aliphatic carboxylic acids is 1. The zero-order chi connectivity index (χ0) is 41.0. The van der Waals surface area contributed by atoms with Crippen molar-refractivity contribution in [2.24, 2.45) is 0 Å². The molecule has 2 unspecified atom stereocenters. The fourth-order valence-corrected chi connectivity index (χ4v) is 6.15. The molecule has 2 rings (SSSR count). The normalized spacial score (nSPS) is 28.8. The van der Waals surface area contributed by atoms with E-state index in [1.165, 1.54) is 0 Å². The summed E-state index contributed by atoms with van der Waals surface area (Å²) in [5.74, 6) is -8.44. The van der Waals surface area contributed by atoms with E-state index < -0.39 is 146 Å². The van der Waals surface area contributed by atoms with Crippen LogP contribution in [-0.2, 0) is 90.5 Å². The van der Waals surface area contributed by atoms with Gasteiger partial charge in [0.05, 0.1) is 0 Å². The van der Waals surface area contributed by atoms with Crippen molar-refractivity contribution in [3.63, 3.8) is 0 Å². The summed E-state index contributed by atoms with van der Waals surface area (Å²) in [4.78, 5) is 109. The SMILES string of the molecule is CC(=O)NC(CC(S)[C@@H]1O[C@H](COC(C)=O)[C@@H](O[C@H]2O[C@H](COC(C)=O)[C@@H](OC(C)=O)[C@H](OC(C)=O)[C@H]2OC(C)=O)[C@H](OC(C)=O)[C@H]1OC(C)=O)C(=O)O. The number of carbonyl (C=O) groups excluding carboxylic acids is 8. The standard InChI is InChI=1S/C32H45NO20S/c1-12(34)33-20(31(42)43)9-23(54)26-29(49-18(7)40)27(47-16(5)38)25(21(51-26)10-44-13(2)35)53-32-30(50-19(8)41)28(48-17(6)39)24(46-15(4)37)22(52-32)11-45-14(3)36/h20-30,32,54H,9-11H2,1-8H3,(H,33,34)(H,42,43)/t20?,21-,22-,23?,24-,25-,26+,27+,28+,29+,30-,32-/m1/s1. The van der Waals surface area contributed by atoms with Gasteiger partial charge in [-0.05, 0) is 6.42 Å². The van der Waals surface area contributed by atoms with Crippen molar-refractivity contribution in [1.82, 2.24) is 5.32 Å². The number of carboxylic acids is 1. The van der Waals surface area contributed by atoms with Crippen molar-refractivity contribution in [2.45, 2.75) is 134 Å². The summed E-state index contributed by atoms with van der Waals surface area (Å²) in [7, 11) is 0. The number of esters is 7. The molecule has 0 radical (unpaired) electrons. The highest BCUT2D eigenvalue weighted by atomic mass is 32.1. The molecule has 0 aromatic heterocycles. The quantitative estimate of drug-likeness (QED) is 0.0952. The monoisotopic (exact) mass is 795 g/mol. The van der Waals surface area contributed by atoms with E-state index in [9.17, 15) is 48.3 Å². The maximum absolute atomic E-state index is 12.6. The van der Waals surface area contributed by atoms with E-state index in [2.05, 4.69) is 17.9 Å². The Morgan fingerprint density at radius 2 is 0.981 bits per heavy atom. The van der Waals surface area contributed by atoms with Crippen LogP contribution >= 0.6 is 12.6 Å². The van der Waals surface area contributed by atoms with Crippen LogP contribution < -0.4 is 5.32 Å². The fourth-order valence-electron chi connectivity index (χ4n) is 5.70. The summed E-state index contributed by atoms with van der Waals surface area (Å²) in [5.41, 5.74) is 0. The Balaban J connectivity index is 2.79. The van der Waals surface area contributed by atoms with Gasteiger partial charge in [-0.2, -0.15) is 12.6 Å². The first kappa shape index (κ1) is 45.6. The third-order valence-electron chi connectivity index (χ3n) is 7.50. The average Bonchev–Trinajstić information content (AvgIpc) is 3.01. The van der Waals surface area contributed by atoms with Gasteiger partial charge in [-0.25, -0.2) is 4.79 Å². The molecule has 0 bridgehead atoms. The van der Waals surface area contributed by atoms with E-state index in [1.807, 2.05) is 0 Å². The molecule has 2 aliphatic heterocycles. The zero-order valence-corrected chi connectivity index (χ0v) is 31.6. The van der Waals surface area contributed by atoms with Crippen LogP contribution in [0.1, 0.15) is 61.8 Å². The number of hydrogen-bond donors (Lipinski definition) is 3. The first-order valence-corrected chi connectivity index (χ1v) is 16.9. The molecule has 1 amide bonds. The van der Waals surface area contributed by atoms with E-state index in [0.29, 0.717) is 0 Å². The van der Waals surface area contributed by atoms with Gasteiger partial charge < -0.3 is 57.8 Å². The number of rotatable bonds is 16. The summed E-state index contributed by atoms with van der Waals surface area (Å²) >= 11 is 4.50. The Morgan fingerprint density at radius 1 is 0.574 bits per heavy atom. The van der Waals surface area contributed by atoms with Gasteiger partial charge >= 0.3 is 47.8 Å². The second-order valence-electron chi connectivity index (χ2n) is 12.2. The van der Waals surface area contributed by atoms with Crippen LogP contribution in [0.3, 0.4) is 0 Å². The molecule has 2 aliphatic rings. The van der Waals surface area contributed by atoms with E-state index >= 15 is 0 Å². The van der Waals surface area contributed by atoms with E-state index in [0.717, 1.165) is 55.4 Å². The number of carbonyl (C=O) groups is 9. The molecule has 2 N–H and O–H groups in total. The van der Waals surface area contributed by atoms with Crippen molar-refractivity contribution >= 4 is 66.3 Å². The van der Waals surface area contributed by atoms with Crippen LogP contribution in [0.4, 0.5) is 0 Å². The van der Waals surface area contributed by atoms with Gasteiger partial charge in [0.15, 0.2) is 36.8 Å². The number of amides is 1. The molecule has 0 aromatic carbocycles. The Labute approximate surface area is 314 Å². The molecule has 2 fully saturated rings. The number of thiol groups is 1. The van der Waals surface area contributed by atoms with Gasteiger partial charge in [0.25, 0.3) is 0 Å². The number of carboxylic acid groups (broad SMARTS) is 1. The molecule has 21 nitrogen and oxygen atoms in total. The molecular weight excluding hydrogens is 750 g/mol. The average molecular weight is 796 g/mol. The highest BCUT2D eigenvalue weighted by molar-refractivity contribution is 7.81. The summed E-state index contributed by atoms with van der Waals surface area (Å²) in [6, 6.07) is -1.52. The second-order valence-corrected chi connectivity index (χ2v) is 12.8. The zero-order valence-electron chi connectivity index (χ0n) is 30.7. The van der Waals surface area contributed by atoms with Gasteiger partial charge in [-0.1, -0.05) is 0 Å². The van der Waals surface area contributed by atoms with Crippen molar-refractivity contribution in [3.05, 3.63) is 0 Å². The lowest BCUT2D eigenvalue weighted by Gasteiger charge is -2.49. The first-order valence-electron chi connectivity index (χ1n) is 16.4. The molecule has 22 heteroatoms. The lowest BCUT2D eigenvalue weighted by Crippen LogP contribution is -2.68. The van der Waals surface area contributed by atoms with Crippen LogP contribution in [-0.4, -0.2) is 144 Å². The fraction of sp³-hybridized carbons (Fsp3) is 0.719. The van der Waals surface area contributed by atoms with Crippen LogP contribution in [0, 0.1) is 0 Å². The molecule has 2 heterocycles. The molecule has 0 aromatic rings. The lowest BCUT2D eigenvalue weighted by atomic mass is 9.90. The maximum Gasteiger partial charge on any atom is 0.326 e. The predicted octanol–water partition coefficient (Wildman–Crippen LogP) is -1.07. The Kier molecular flexibility index (Phi) is 17.6. The van der Waals surface area contributed by atoms with Crippen molar-refractivity contribution in [2.75, 3.05) is 13.2 Å². The van der Waals surface area contributed by atoms with Crippen LogP contribution in [0.2, 0.25) is 0 Å². The largest absolute Gasteiger partial charge is 0.480 e. The minimum atomic E-state index is -1.88. The third kappa shape index (κ3) is 14.0. The summed E-state index contributed by atoms with van der Waals surface area (Å²) in [5, 5.41) is 10.8. The topological polar surface area (TPSA) is 278 Å². The number of ether oxygens (including phenoxy) is 10. The van der Waals surface area contributed by atoms with Crippen LogP contribution in [0.15, 0.2) is 0 Å². The molecule has 304 valence electrons. The summed E-state index contributed by atoms with van der Waals surface area (Å²) < 4.78 is 56.2. The minimum absolute atomic E-state index is 0.432. The molecule has 0 spiro atoms. The van der Waals surface area contributed by atoms with Gasteiger partial charge in [-0.15, -0.1) is 0 Å². The smallest absolute Gasteiger partial charge is 0.326 e. The number of nitrogens with one attached hydrogen (secondary N) is 1. The number of hydrogen-bond acceptors (Lipinski definition) is 20. The molecule has 12 atom stereocenters. The lowest BCUT2D eigenvalue weighted by molar-refractivity contribution is -0.345. The highest BCUT2D eigenvalue weighted by Gasteiger charge is 2.58. The minimum Gasteiger partial charge on any atom is -0.480 e. The Hall–Kier alpha value is -4.54. The van der Waals surface area contributed by atoms with Crippen LogP contribution in [0.5, 0.6) is 0 Å². The molecule has 0 aliphatic carbocycles. The second kappa shape index (κ2) is 20.8.